The Morgan fingerprint density at radius 3 is 2.43 bits per heavy atom. The zero-order valence-corrected chi connectivity index (χ0v) is 27.1. The SMILES string of the molecule is C#Cc1cccc(C2(NC[C@@H](O)[C@H](Cc3cc(F)cc(F)c3)NC(=O)c3cc(N4CCOCC4)nc(N(CCC)CCC)n3)CC2)c1. The maximum Gasteiger partial charge on any atom is 0.270 e. The summed E-state index contributed by atoms with van der Waals surface area (Å²) < 4.78 is 33.9. The summed E-state index contributed by atoms with van der Waals surface area (Å²) in [7, 11) is 0. The predicted molar refractivity (Wildman–Crippen MR) is 178 cm³/mol. The molecule has 0 spiro atoms. The molecule has 3 aromatic rings. The van der Waals surface area contributed by atoms with E-state index in [1.54, 1.807) is 6.07 Å². The first-order valence-electron chi connectivity index (χ1n) is 16.5. The standard InChI is InChI=1S/C36H44F2N6O3/c1-4-12-44(13-5-2)35-41-31(23-33(42-35)43-14-16-47-17-15-43)34(46)40-30(21-26-19-28(37)22-29(38)20-26)32(45)24-39-36(10-11-36)27-9-7-8-25(6-3)18-27/h3,7-9,18-20,22-23,30,32,39,45H,4-5,10-17,21,24H2,1-2H3,(H,40,46)/t30-,32+/m0/s1. The molecule has 3 N–H and O–H groups in total. The summed E-state index contributed by atoms with van der Waals surface area (Å²) in [4.78, 5) is 27.6. The van der Waals surface area contributed by atoms with Crippen molar-refractivity contribution in [1.82, 2.24) is 20.6 Å². The molecule has 2 heterocycles. The van der Waals surface area contributed by atoms with Gasteiger partial charge in [0.2, 0.25) is 5.95 Å². The Balaban J connectivity index is 1.41. The van der Waals surface area contributed by atoms with Crippen LogP contribution in [0.15, 0.2) is 48.5 Å². The minimum atomic E-state index is -1.10. The number of amides is 1. The Morgan fingerprint density at radius 1 is 1.09 bits per heavy atom. The fraction of sp³-hybridized carbons (Fsp3) is 0.472. The smallest absolute Gasteiger partial charge is 0.270 e. The number of terminal acetylenes is 1. The fourth-order valence-electron chi connectivity index (χ4n) is 6.04. The van der Waals surface area contributed by atoms with Gasteiger partial charge in [0.05, 0.1) is 25.4 Å². The molecule has 250 valence electrons. The molecule has 2 atom stereocenters. The summed E-state index contributed by atoms with van der Waals surface area (Å²) in [6.07, 6.45) is 8.00. The number of benzene rings is 2. The lowest BCUT2D eigenvalue weighted by Crippen LogP contribution is -2.50. The van der Waals surface area contributed by atoms with E-state index in [-0.39, 0.29) is 24.2 Å². The van der Waals surface area contributed by atoms with Gasteiger partial charge >= 0.3 is 0 Å². The van der Waals surface area contributed by atoms with Crippen molar-refractivity contribution in [2.75, 3.05) is 55.7 Å². The molecule has 0 unspecified atom stereocenters. The molecule has 47 heavy (non-hydrogen) atoms. The lowest BCUT2D eigenvalue weighted by atomic mass is 9.98. The van der Waals surface area contributed by atoms with Gasteiger partial charge in [-0.1, -0.05) is 31.9 Å². The van der Waals surface area contributed by atoms with Crippen LogP contribution in [0.4, 0.5) is 20.5 Å². The first kappa shape index (κ1) is 34.2. The molecule has 2 aromatic carbocycles. The summed E-state index contributed by atoms with van der Waals surface area (Å²) in [5.74, 6) is 1.77. The lowest BCUT2D eigenvalue weighted by Gasteiger charge is -2.30. The normalized spacial score (nSPS) is 16.6. The van der Waals surface area contributed by atoms with Crippen LogP contribution in [0.3, 0.4) is 0 Å². The zero-order chi connectivity index (χ0) is 33.4. The number of anilines is 2. The number of nitrogens with one attached hydrogen (secondary N) is 2. The Bertz CT molecular complexity index is 1540. The summed E-state index contributed by atoms with van der Waals surface area (Å²) in [5.41, 5.74) is 1.91. The number of halogens is 2. The van der Waals surface area contributed by atoms with E-state index < -0.39 is 29.7 Å². The molecule has 0 bridgehead atoms. The van der Waals surface area contributed by atoms with Gasteiger partial charge in [0.1, 0.15) is 23.1 Å². The maximum absolute atomic E-state index is 14.2. The largest absolute Gasteiger partial charge is 0.390 e. The number of aliphatic hydroxyl groups excluding tert-OH is 1. The minimum absolute atomic E-state index is 0.00506. The number of carbonyl (C=O) groups is 1. The van der Waals surface area contributed by atoms with E-state index in [9.17, 15) is 18.7 Å². The summed E-state index contributed by atoms with van der Waals surface area (Å²) >= 11 is 0. The van der Waals surface area contributed by atoms with Crippen LogP contribution in [0.25, 0.3) is 0 Å². The molecule has 0 radical (unpaired) electrons. The van der Waals surface area contributed by atoms with E-state index in [1.807, 2.05) is 24.3 Å². The van der Waals surface area contributed by atoms with Gasteiger partial charge in [0, 0.05) is 56.0 Å². The molecule has 1 aliphatic heterocycles. The number of aromatic nitrogens is 2. The molecule has 1 aromatic heterocycles. The van der Waals surface area contributed by atoms with Gasteiger partial charge in [-0.05, 0) is 67.5 Å². The van der Waals surface area contributed by atoms with Gasteiger partial charge in [0.25, 0.3) is 5.91 Å². The van der Waals surface area contributed by atoms with E-state index in [2.05, 4.69) is 45.2 Å². The van der Waals surface area contributed by atoms with Crippen molar-refractivity contribution >= 4 is 17.7 Å². The quantitative estimate of drug-likeness (QED) is 0.212. The molecule has 5 rings (SSSR count). The molecule has 9 nitrogen and oxygen atoms in total. The highest BCUT2D eigenvalue weighted by atomic mass is 19.1. The van der Waals surface area contributed by atoms with Crippen molar-refractivity contribution in [2.45, 2.75) is 63.6 Å². The highest BCUT2D eigenvalue weighted by Crippen LogP contribution is 2.45. The number of carbonyl (C=O) groups excluding carboxylic acids is 1. The van der Waals surface area contributed by atoms with E-state index in [0.29, 0.717) is 43.6 Å². The van der Waals surface area contributed by atoms with Gasteiger partial charge in [-0.2, -0.15) is 4.98 Å². The van der Waals surface area contributed by atoms with Crippen LogP contribution < -0.4 is 20.4 Å². The van der Waals surface area contributed by atoms with Crippen molar-refractivity contribution in [2.24, 2.45) is 0 Å². The zero-order valence-electron chi connectivity index (χ0n) is 27.1. The summed E-state index contributed by atoms with van der Waals surface area (Å²) in [5, 5.41) is 17.9. The third-order valence-corrected chi connectivity index (χ3v) is 8.68. The Labute approximate surface area is 275 Å². The number of hydrogen-bond acceptors (Lipinski definition) is 8. The monoisotopic (exact) mass is 646 g/mol. The molecule has 1 saturated heterocycles. The molecule has 1 amide bonds. The van der Waals surface area contributed by atoms with Crippen molar-refractivity contribution in [3.8, 4) is 12.3 Å². The second kappa shape index (κ2) is 15.7. The second-order valence-corrected chi connectivity index (χ2v) is 12.3. The highest BCUT2D eigenvalue weighted by Gasteiger charge is 2.44. The molecule has 11 heteroatoms. The van der Waals surface area contributed by atoms with Gasteiger partial charge in [-0.25, -0.2) is 13.8 Å². The van der Waals surface area contributed by atoms with E-state index in [0.717, 1.165) is 56.0 Å². The third-order valence-electron chi connectivity index (χ3n) is 8.68. The molecule has 1 aliphatic carbocycles. The number of morpholine rings is 1. The molecular formula is C36H44F2N6O3. The maximum atomic E-state index is 14.2. The second-order valence-electron chi connectivity index (χ2n) is 12.3. The van der Waals surface area contributed by atoms with Crippen LogP contribution in [0.5, 0.6) is 0 Å². The van der Waals surface area contributed by atoms with Crippen LogP contribution in [0.1, 0.15) is 66.7 Å². The van der Waals surface area contributed by atoms with Gasteiger partial charge in [-0.3, -0.25) is 4.79 Å². The van der Waals surface area contributed by atoms with E-state index >= 15 is 0 Å². The number of nitrogens with zero attached hydrogens (tertiary/aromatic N) is 4. The summed E-state index contributed by atoms with van der Waals surface area (Å²) in [6.45, 7) is 8.09. The van der Waals surface area contributed by atoms with Crippen molar-refractivity contribution in [3.05, 3.63) is 82.5 Å². The molecule has 1 saturated carbocycles. The average Bonchev–Trinajstić information content (AvgIpc) is 3.88. The van der Waals surface area contributed by atoms with Crippen LogP contribution >= 0.6 is 0 Å². The number of rotatable bonds is 15. The number of ether oxygens (including phenoxy) is 1. The Kier molecular flexibility index (Phi) is 11.4. The van der Waals surface area contributed by atoms with Crippen LogP contribution in [0.2, 0.25) is 0 Å². The van der Waals surface area contributed by atoms with Crippen LogP contribution in [-0.4, -0.2) is 79.1 Å². The minimum Gasteiger partial charge on any atom is -0.390 e. The van der Waals surface area contributed by atoms with E-state index in [4.69, 9.17) is 16.1 Å². The highest BCUT2D eigenvalue weighted by molar-refractivity contribution is 5.93. The predicted octanol–water partition coefficient (Wildman–Crippen LogP) is 4.18. The summed E-state index contributed by atoms with van der Waals surface area (Å²) in [6, 6.07) is 11.7. The molecule has 2 aliphatic rings. The Morgan fingerprint density at radius 2 is 1.79 bits per heavy atom. The lowest BCUT2D eigenvalue weighted by molar-refractivity contribution is 0.0817. The first-order chi connectivity index (χ1) is 22.7. The van der Waals surface area contributed by atoms with E-state index in [1.165, 1.54) is 12.1 Å². The third kappa shape index (κ3) is 8.83. The van der Waals surface area contributed by atoms with Crippen LogP contribution in [0, 0.1) is 24.0 Å². The van der Waals surface area contributed by atoms with Gasteiger partial charge in [0.15, 0.2) is 0 Å². The van der Waals surface area contributed by atoms with Gasteiger partial charge < -0.3 is 30.3 Å². The fourth-order valence-corrected chi connectivity index (χ4v) is 6.04. The van der Waals surface area contributed by atoms with Crippen LogP contribution in [-0.2, 0) is 16.7 Å². The topological polar surface area (TPSA) is 103 Å². The van der Waals surface area contributed by atoms with Crippen molar-refractivity contribution < 1.29 is 23.4 Å². The molecular weight excluding hydrogens is 602 g/mol. The number of hydrogen-bond donors (Lipinski definition) is 3. The van der Waals surface area contributed by atoms with Crippen molar-refractivity contribution in [1.29, 1.82) is 0 Å². The number of aliphatic hydroxyl groups is 1. The first-order valence-corrected chi connectivity index (χ1v) is 16.5. The average molecular weight is 647 g/mol. The van der Waals surface area contributed by atoms with Crippen molar-refractivity contribution in [3.63, 3.8) is 0 Å². The molecule has 2 fully saturated rings. The van der Waals surface area contributed by atoms with Gasteiger partial charge in [-0.15, -0.1) is 6.42 Å². The Hall–Kier alpha value is -4.11.